The van der Waals surface area contributed by atoms with E-state index in [4.69, 9.17) is 8.85 Å². The number of rotatable bonds is 13. The van der Waals surface area contributed by atoms with Crippen LogP contribution in [0.5, 0.6) is 0 Å². The number of hydrogen-bond donors (Lipinski definition) is 0. The molecule has 1 rings (SSSR count). The van der Waals surface area contributed by atoms with Crippen molar-refractivity contribution in [2.24, 2.45) is 5.92 Å². The maximum Gasteiger partial charge on any atom is 0.297 e. The highest BCUT2D eigenvalue weighted by Crippen LogP contribution is 2.42. The minimum absolute atomic E-state index is 0.0321. The summed E-state index contributed by atoms with van der Waals surface area (Å²) >= 11 is 0. The first-order valence-electron chi connectivity index (χ1n) is 11.9. The minimum atomic E-state index is -2.22. The van der Waals surface area contributed by atoms with Crippen molar-refractivity contribution in [2.75, 3.05) is 25.1 Å². The third-order valence-corrected chi connectivity index (χ3v) is 15.4. The summed E-state index contributed by atoms with van der Waals surface area (Å²) in [7, 11) is -1.98. The van der Waals surface area contributed by atoms with Crippen LogP contribution in [0.2, 0.25) is 35.8 Å². The molecule has 1 unspecified atom stereocenters. The maximum absolute atomic E-state index is 13.3. The van der Waals surface area contributed by atoms with Gasteiger partial charge in [-0.15, -0.1) is 0 Å². The van der Waals surface area contributed by atoms with Gasteiger partial charge in [-0.3, -0.25) is 4.79 Å². The number of nitrogens with zero attached hydrogens (tertiary/aromatic N) is 1. The van der Waals surface area contributed by atoms with Gasteiger partial charge >= 0.3 is 0 Å². The first-order chi connectivity index (χ1) is 14.4. The molecule has 0 heterocycles. The number of benzene rings is 1. The molecule has 0 bridgehead atoms. The van der Waals surface area contributed by atoms with Gasteiger partial charge in [-0.05, 0) is 54.3 Å². The molecule has 0 fully saturated rings. The highest BCUT2D eigenvalue weighted by atomic mass is 28.4. The van der Waals surface area contributed by atoms with Crippen molar-refractivity contribution < 1.29 is 13.6 Å². The minimum Gasteiger partial charge on any atom is -0.518 e. The monoisotopic (exact) mass is 465 g/mol. The fraction of sp³-hybridized carbons (Fsp3) is 0.720. The van der Waals surface area contributed by atoms with Crippen LogP contribution in [0.15, 0.2) is 30.3 Å². The lowest BCUT2D eigenvalue weighted by atomic mass is 10.1. The predicted molar refractivity (Wildman–Crippen MR) is 139 cm³/mol. The van der Waals surface area contributed by atoms with Crippen molar-refractivity contribution >= 4 is 28.3 Å². The Morgan fingerprint density at radius 3 is 1.90 bits per heavy atom. The van der Waals surface area contributed by atoms with Gasteiger partial charge in [-0.25, -0.2) is 0 Å². The average Bonchev–Trinajstić information content (AvgIpc) is 2.70. The van der Waals surface area contributed by atoms with Gasteiger partial charge in [0.2, 0.25) is 0 Å². The Kier molecular flexibility index (Phi) is 11.0. The van der Waals surface area contributed by atoms with Gasteiger partial charge in [0.05, 0.1) is 5.92 Å². The van der Waals surface area contributed by atoms with Crippen molar-refractivity contribution in [1.82, 2.24) is 0 Å². The number of carbonyl (C=O) groups excluding carboxylic acids is 1. The normalized spacial score (nSPS) is 13.7. The molecule has 1 aromatic carbocycles. The second kappa shape index (κ2) is 12.2. The summed E-state index contributed by atoms with van der Waals surface area (Å²) in [6.45, 7) is 21.5. The van der Waals surface area contributed by atoms with Gasteiger partial charge in [0.25, 0.3) is 14.3 Å². The Bertz CT molecular complexity index is 640. The zero-order valence-electron chi connectivity index (χ0n) is 21.7. The zero-order valence-corrected chi connectivity index (χ0v) is 23.7. The molecular weight excluding hydrogens is 418 g/mol. The molecule has 1 aromatic rings. The molecule has 0 amide bonds. The van der Waals surface area contributed by atoms with Crippen molar-refractivity contribution in [3.8, 4) is 0 Å². The van der Waals surface area contributed by atoms with Crippen LogP contribution in [-0.2, 0) is 13.6 Å². The maximum atomic E-state index is 13.3. The Morgan fingerprint density at radius 2 is 1.45 bits per heavy atom. The Balaban J connectivity index is 2.96. The van der Waals surface area contributed by atoms with Crippen LogP contribution in [0.25, 0.3) is 0 Å². The highest BCUT2D eigenvalue weighted by Gasteiger charge is 2.48. The lowest BCUT2D eigenvalue weighted by Crippen LogP contribution is -2.50. The standard InChI is InChI=1S/C25H47NO3Si2/c1-20(2)31(21(3)4,22(5)6)29-25(27)23(7)19-26(24-15-12-11-13-16-24)17-14-18-30(9,10)28-8/h11-13,15-16,20-23H,14,17-19H2,1-10H3. The van der Waals surface area contributed by atoms with E-state index in [1.807, 2.05) is 20.1 Å². The van der Waals surface area contributed by atoms with E-state index in [1.54, 1.807) is 0 Å². The fourth-order valence-corrected chi connectivity index (χ4v) is 11.3. The van der Waals surface area contributed by atoms with Gasteiger partial charge < -0.3 is 13.8 Å². The van der Waals surface area contributed by atoms with Gasteiger partial charge in [0.1, 0.15) is 0 Å². The van der Waals surface area contributed by atoms with Crippen molar-refractivity contribution in [1.29, 1.82) is 0 Å². The first-order valence-corrected chi connectivity index (χ1v) is 17.2. The quantitative estimate of drug-likeness (QED) is 0.291. The molecule has 0 aliphatic rings. The molecule has 0 radical (unpaired) electrons. The van der Waals surface area contributed by atoms with Crippen LogP contribution in [0.3, 0.4) is 0 Å². The molecule has 0 saturated carbocycles. The fourth-order valence-electron chi connectivity index (χ4n) is 4.80. The Labute approximate surface area is 194 Å². The Hall–Kier alpha value is -1.12. The second-order valence-corrected chi connectivity index (χ2v) is 20.3. The van der Waals surface area contributed by atoms with Gasteiger partial charge in [-0.1, -0.05) is 66.7 Å². The van der Waals surface area contributed by atoms with Crippen LogP contribution >= 0.6 is 0 Å². The predicted octanol–water partition coefficient (Wildman–Crippen LogP) is 7.09. The van der Waals surface area contributed by atoms with E-state index >= 15 is 0 Å². The summed E-state index contributed by atoms with van der Waals surface area (Å²) in [5, 5.41) is 0. The third kappa shape index (κ3) is 7.75. The topological polar surface area (TPSA) is 38.8 Å². The molecule has 0 aliphatic heterocycles. The van der Waals surface area contributed by atoms with Gasteiger partial charge in [0.15, 0.2) is 8.32 Å². The number of para-hydroxylation sites is 1. The Morgan fingerprint density at radius 1 is 0.935 bits per heavy atom. The van der Waals surface area contributed by atoms with E-state index in [0.717, 1.165) is 19.0 Å². The molecule has 0 spiro atoms. The summed E-state index contributed by atoms with van der Waals surface area (Å²) in [5.74, 6) is -0.202. The molecule has 0 saturated heterocycles. The first kappa shape index (κ1) is 27.9. The second-order valence-electron chi connectivity index (χ2n) is 10.5. The number of carbonyl (C=O) groups is 1. The van der Waals surface area contributed by atoms with Crippen molar-refractivity contribution in [2.45, 2.75) is 90.6 Å². The summed E-state index contributed by atoms with van der Waals surface area (Å²) in [4.78, 5) is 15.6. The zero-order chi connectivity index (χ0) is 23.8. The average molecular weight is 466 g/mol. The smallest absolute Gasteiger partial charge is 0.297 e. The lowest BCUT2D eigenvalue weighted by molar-refractivity contribution is -0.139. The molecular formula is C25H47NO3Si2. The number of hydrogen-bond acceptors (Lipinski definition) is 4. The summed E-state index contributed by atoms with van der Waals surface area (Å²) in [6.07, 6.45) is 1.06. The van der Waals surface area contributed by atoms with Crippen LogP contribution < -0.4 is 4.90 Å². The van der Waals surface area contributed by atoms with Crippen LogP contribution in [-0.4, -0.2) is 42.8 Å². The van der Waals surface area contributed by atoms with E-state index in [-0.39, 0.29) is 11.9 Å². The van der Waals surface area contributed by atoms with E-state index in [1.165, 1.54) is 5.69 Å². The number of anilines is 1. The lowest BCUT2D eigenvalue weighted by Gasteiger charge is -2.42. The highest BCUT2D eigenvalue weighted by molar-refractivity contribution is 6.78. The van der Waals surface area contributed by atoms with E-state index in [0.29, 0.717) is 23.2 Å². The third-order valence-electron chi connectivity index (χ3n) is 6.76. The molecule has 0 aromatic heterocycles. The SMILES string of the molecule is CO[Si](C)(C)CCCN(CC(C)C(=O)O[Si](C(C)C)(C(C)C)C(C)C)c1ccccc1. The molecule has 0 N–H and O–H groups in total. The van der Waals surface area contributed by atoms with E-state index < -0.39 is 16.6 Å². The van der Waals surface area contributed by atoms with Crippen LogP contribution in [0.4, 0.5) is 5.69 Å². The van der Waals surface area contributed by atoms with Gasteiger partial charge in [-0.2, -0.15) is 0 Å². The molecule has 4 nitrogen and oxygen atoms in total. The van der Waals surface area contributed by atoms with E-state index in [2.05, 4.69) is 83.8 Å². The van der Waals surface area contributed by atoms with Crippen LogP contribution in [0.1, 0.15) is 54.9 Å². The molecule has 31 heavy (non-hydrogen) atoms. The van der Waals surface area contributed by atoms with Gasteiger partial charge in [0, 0.05) is 25.9 Å². The summed E-state index contributed by atoms with van der Waals surface area (Å²) < 4.78 is 12.2. The molecule has 178 valence electrons. The van der Waals surface area contributed by atoms with Crippen molar-refractivity contribution in [3.05, 3.63) is 30.3 Å². The molecule has 1 atom stereocenters. The summed E-state index contributed by atoms with van der Waals surface area (Å²) in [6, 6.07) is 11.5. The summed E-state index contributed by atoms with van der Waals surface area (Å²) in [5.41, 5.74) is 2.36. The largest absolute Gasteiger partial charge is 0.518 e. The van der Waals surface area contributed by atoms with Crippen LogP contribution in [0, 0.1) is 5.92 Å². The molecule has 0 aliphatic carbocycles. The van der Waals surface area contributed by atoms with E-state index in [9.17, 15) is 4.79 Å². The van der Waals surface area contributed by atoms with Crippen molar-refractivity contribution in [3.63, 3.8) is 0 Å². The molecule has 6 heteroatoms.